The van der Waals surface area contributed by atoms with Gasteiger partial charge >= 0.3 is 0 Å². The third kappa shape index (κ3) is 2.50. The van der Waals surface area contributed by atoms with Crippen LogP contribution in [-0.4, -0.2) is 38.2 Å². The summed E-state index contributed by atoms with van der Waals surface area (Å²) in [6, 6.07) is 3.55. The zero-order chi connectivity index (χ0) is 16.6. The minimum Gasteiger partial charge on any atom is -0.462 e. The Morgan fingerprint density at radius 3 is 2.78 bits per heavy atom. The van der Waals surface area contributed by atoms with E-state index in [0.717, 1.165) is 6.07 Å². The number of nitrogens with two attached hydrogens (primary N) is 2. The number of anilines is 1. The molecule has 0 bridgehead atoms. The molecule has 0 unspecified atom stereocenters. The minimum atomic E-state index is -1.72. The fourth-order valence-electron chi connectivity index (χ4n) is 3.50. The predicted molar refractivity (Wildman–Crippen MR) is 78.8 cm³/mol. The van der Waals surface area contributed by atoms with Crippen LogP contribution in [0.5, 0.6) is 0 Å². The first-order valence-electron chi connectivity index (χ1n) is 7.33. The number of benzene rings is 1. The van der Waals surface area contributed by atoms with Gasteiger partial charge in [-0.2, -0.15) is 0 Å². The molecule has 1 aromatic carbocycles. The molecule has 4 N–H and O–H groups in total. The van der Waals surface area contributed by atoms with Crippen molar-refractivity contribution in [3.8, 4) is 0 Å². The second-order valence-corrected chi connectivity index (χ2v) is 5.78. The highest BCUT2D eigenvalue weighted by Crippen LogP contribution is 2.46. The average molecular weight is 329 g/mol. The van der Waals surface area contributed by atoms with Crippen LogP contribution in [0.15, 0.2) is 23.2 Å². The van der Waals surface area contributed by atoms with Gasteiger partial charge in [0.1, 0.15) is 30.8 Å². The summed E-state index contributed by atoms with van der Waals surface area (Å²) >= 11 is 0. The van der Waals surface area contributed by atoms with Gasteiger partial charge in [-0.25, -0.2) is 18.2 Å². The van der Waals surface area contributed by atoms with Gasteiger partial charge in [-0.15, -0.1) is 0 Å². The van der Waals surface area contributed by atoms with Crippen LogP contribution in [-0.2, 0) is 15.0 Å². The molecule has 1 saturated heterocycles. The summed E-state index contributed by atoms with van der Waals surface area (Å²) in [5.41, 5.74) is 9.86. The first kappa shape index (κ1) is 15.9. The summed E-state index contributed by atoms with van der Waals surface area (Å²) in [6.07, 6.45) is -1.16. The van der Waals surface area contributed by atoms with Gasteiger partial charge in [0, 0.05) is 17.7 Å². The molecular weight excluding hydrogens is 311 g/mol. The van der Waals surface area contributed by atoms with E-state index in [1.165, 1.54) is 12.1 Å². The maximum absolute atomic E-state index is 14.4. The van der Waals surface area contributed by atoms with Gasteiger partial charge in [-0.05, 0) is 18.2 Å². The van der Waals surface area contributed by atoms with Crippen LogP contribution in [0, 0.1) is 11.7 Å². The molecule has 2 aliphatic rings. The standard InChI is InChI=1S/C15H18F3N3O2/c16-6-12-13-11(3-4-22-12)23-14(20)21-15(13,7-17)9-5-8(19)1-2-10(9)18/h1-2,5,11-13H,3-4,6-7,19H2,(H2,20,21)/t11-,12+,13-,15-/m1/s1. The lowest BCUT2D eigenvalue weighted by Crippen LogP contribution is -2.58. The van der Waals surface area contributed by atoms with Crippen LogP contribution >= 0.6 is 0 Å². The lowest BCUT2D eigenvalue weighted by atomic mass is 9.71. The van der Waals surface area contributed by atoms with E-state index in [2.05, 4.69) is 4.99 Å². The number of rotatable bonds is 3. The van der Waals surface area contributed by atoms with E-state index in [0.29, 0.717) is 6.42 Å². The zero-order valence-electron chi connectivity index (χ0n) is 12.3. The summed E-state index contributed by atoms with van der Waals surface area (Å²) < 4.78 is 52.8. The van der Waals surface area contributed by atoms with Gasteiger partial charge in [0.05, 0.1) is 18.6 Å². The van der Waals surface area contributed by atoms with E-state index < -0.39 is 42.8 Å². The van der Waals surface area contributed by atoms with Gasteiger partial charge in [-0.3, -0.25) is 0 Å². The first-order valence-corrected chi connectivity index (χ1v) is 7.33. The van der Waals surface area contributed by atoms with Gasteiger partial charge in [0.25, 0.3) is 6.02 Å². The van der Waals surface area contributed by atoms with Crippen molar-refractivity contribution in [1.29, 1.82) is 0 Å². The molecule has 0 aromatic heterocycles. The van der Waals surface area contributed by atoms with Gasteiger partial charge < -0.3 is 20.9 Å². The quantitative estimate of drug-likeness (QED) is 0.826. The molecular formula is C15H18F3N3O2. The molecule has 1 aromatic rings. The average Bonchev–Trinajstić information content (AvgIpc) is 2.55. The number of amidine groups is 1. The van der Waals surface area contributed by atoms with E-state index in [9.17, 15) is 13.2 Å². The van der Waals surface area contributed by atoms with Crippen LogP contribution in [0.4, 0.5) is 18.9 Å². The van der Waals surface area contributed by atoms with Crippen molar-refractivity contribution >= 4 is 11.7 Å². The van der Waals surface area contributed by atoms with Crippen molar-refractivity contribution in [3.05, 3.63) is 29.6 Å². The van der Waals surface area contributed by atoms with E-state index in [-0.39, 0.29) is 23.9 Å². The highest BCUT2D eigenvalue weighted by molar-refractivity contribution is 5.73. The Morgan fingerprint density at radius 1 is 1.30 bits per heavy atom. The molecule has 1 fully saturated rings. The fourth-order valence-corrected chi connectivity index (χ4v) is 3.50. The van der Waals surface area contributed by atoms with E-state index >= 15 is 0 Å². The Morgan fingerprint density at radius 2 is 2.09 bits per heavy atom. The smallest absolute Gasteiger partial charge is 0.283 e. The maximum atomic E-state index is 14.4. The van der Waals surface area contributed by atoms with Crippen molar-refractivity contribution in [2.45, 2.75) is 24.2 Å². The summed E-state index contributed by atoms with van der Waals surface area (Å²) in [4.78, 5) is 4.04. The van der Waals surface area contributed by atoms with Crippen molar-refractivity contribution in [1.82, 2.24) is 0 Å². The molecule has 4 atom stereocenters. The summed E-state index contributed by atoms with van der Waals surface area (Å²) in [5.74, 6) is -1.52. The molecule has 0 amide bonds. The molecule has 2 heterocycles. The second-order valence-electron chi connectivity index (χ2n) is 5.78. The van der Waals surface area contributed by atoms with Gasteiger partial charge in [-0.1, -0.05) is 0 Å². The largest absolute Gasteiger partial charge is 0.462 e. The van der Waals surface area contributed by atoms with Gasteiger partial charge in [0.2, 0.25) is 0 Å². The summed E-state index contributed by atoms with van der Waals surface area (Å²) in [5, 5.41) is 0. The normalized spacial score (nSPS) is 33.5. The molecule has 23 heavy (non-hydrogen) atoms. The van der Waals surface area contributed by atoms with Crippen molar-refractivity contribution in [3.63, 3.8) is 0 Å². The van der Waals surface area contributed by atoms with Crippen molar-refractivity contribution < 1.29 is 22.6 Å². The highest BCUT2D eigenvalue weighted by atomic mass is 19.1. The molecule has 0 saturated carbocycles. The number of hydrogen-bond donors (Lipinski definition) is 2. The van der Waals surface area contributed by atoms with Crippen molar-refractivity contribution in [2.75, 3.05) is 25.7 Å². The molecule has 0 radical (unpaired) electrons. The third-order valence-corrected chi connectivity index (χ3v) is 4.48. The fraction of sp³-hybridized carbons (Fsp3) is 0.533. The Bertz CT molecular complexity index is 628. The Balaban J connectivity index is 2.20. The molecule has 8 heteroatoms. The highest BCUT2D eigenvalue weighted by Gasteiger charge is 2.55. The monoisotopic (exact) mass is 329 g/mol. The number of aliphatic imine (C=N–C) groups is 1. The molecule has 2 aliphatic heterocycles. The number of ether oxygens (including phenoxy) is 2. The number of nitrogens with zero attached hydrogens (tertiary/aromatic N) is 1. The lowest BCUT2D eigenvalue weighted by Gasteiger charge is -2.48. The van der Waals surface area contributed by atoms with E-state index in [1.54, 1.807) is 0 Å². The second kappa shape index (κ2) is 5.92. The summed E-state index contributed by atoms with van der Waals surface area (Å²) in [6.45, 7) is -1.67. The lowest BCUT2D eigenvalue weighted by molar-refractivity contribution is -0.134. The molecule has 0 aliphatic carbocycles. The molecule has 0 spiro atoms. The van der Waals surface area contributed by atoms with Crippen LogP contribution < -0.4 is 11.5 Å². The molecule has 5 nitrogen and oxygen atoms in total. The Kier molecular flexibility index (Phi) is 4.09. The topological polar surface area (TPSA) is 82.9 Å². The Hall–Kier alpha value is -1.96. The van der Waals surface area contributed by atoms with Crippen LogP contribution in [0.3, 0.4) is 0 Å². The SMILES string of the molecule is NC1=N[C@](CF)(c2cc(N)ccc2F)[C@H]2[C@H](CF)OCC[C@H]2O1. The zero-order valence-corrected chi connectivity index (χ0v) is 12.3. The van der Waals surface area contributed by atoms with E-state index in [4.69, 9.17) is 20.9 Å². The number of halogens is 3. The maximum Gasteiger partial charge on any atom is 0.283 e. The van der Waals surface area contributed by atoms with Gasteiger partial charge in [0.15, 0.2) is 0 Å². The van der Waals surface area contributed by atoms with Crippen LogP contribution in [0.25, 0.3) is 0 Å². The molecule has 126 valence electrons. The first-order chi connectivity index (χ1) is 11.0. The third-order valence-electron chi connectivity index (χ3n) is 4.48. The number of alkyl halides is 2. The van der Waals surface area contributed by atoms with Crippen LogP contribution in [0.2, 0.25) is 0 Å². The molecule has 3 rings (SSSR count). The summed E-state index contributed by atoms with van der Waals surface area (Å²) in [7, 11) is 0. The number of nitrogen functional groups attached to an aromatic ring is 1. The number of fused-ring (bicyclic) bond motifs is 1. The van der Waals surface area contributed by atoms with Crippen molar-refractivity contribution in [2.24, 2.45) is 16.6 Å². The van der Waals surface area contributed by atoms with Crippen LogP contribution in [0.1, 0.15) is 12.0 Å². The minimum absolute atomic E-state index is 0.0646. The van der Waals surface area contributed by atoms with E-state index in [1.807, 2.05) is 0 Å². The Labute approximate surface area is 131 Å². The predicted octanol–water partition coefficient (Wildman–Crippen LogP) is 1.66. The number of hydrogen-bond acceptors (Lipinski definition) is 5.